The van der Waals surface area contributed by atoms with Crippen molar-refractivity contribution in [2.24, 2.45) is 0 Å². The summed E-state index contributed by atoms with van der Waals surface area (Å²) in [5, 5.41) is 5.80. The zero-order chi connectivity index (χ0) is 14.0. The van der Waals surface area contributed by atoms with Crippen LogP contribution < -0.4 is 5.32 Å². The molecule has 0 bridgehead atoms. The maximum absolute atomic E-state index is 12.0. The summed E-state index contributed by atoms with van der Waals surface area (Å²) >= 11 is 0. The Hall–Kier alpha value is -2.25. The molecule has 0 saturated carbocycles. The molecule has 1 aromatic heterocycles. The van der Waals surface area contributed by atoms with Gasteiger partial charge in [0, 0.05) is 12.8 Å². The fourth-order valence-electron chi connectivity index (χ4n) is 1.82. The number of amides is 3. The van der Waals surface area contributed by atoms with Crippen LogP contribution in [0.1, 0.15) is 25.1 Å². The second kappa shape index (κ2) is 5.17. The van der Waals surface area contributed by atoms with Crippen molar-refractivity contribution in [2.45, 2.75) is 32.7 Å². The van der Waals surface area contributed by atoms with E-state index in [9.17, 15) is 14.4 Å². The maximum Gasteiger partial charge on any atom is 0.249 e. The Morgan fingerprint density at radius 2 is 2.26 bits per heavy atom. The van der Waals surface area contributed by atoms with Gasteiger partial charge in [-0.05, 0) is 13.8 Å². The molecule has 102 valence electrons. The zero-order valence-corrected chi connectivity index (χ0v) is 10.7. The molecule has 1 fully saturated rings. The lowest BCUT2D eigenvalue weighted by molar-refractivity contribution is -0.149. The number of aryl methyl sites for hydroxylation is 2. The predicted molar refractivity (Wildman–Crippen MR) is 61.7 cm³/mol. The van der Waals surface area contributed by atoms with E-state index in [0.717, 1.165) is 0 Å². The minimum absolute atomic E-state index is 0.103. The number of piperazine rings is 1. The second-order valence-electron chi connectivity index (χ2n) is 4.35. The lowest BCUT2D eigenvalue weighted by Gasteiger charge is -2.31. The normalized spacial score (nSPS) is 19.5. The van der Waals surface area contributed by atoms with Crippen molar-refractivity contribution >= 4 is 17.7 Å². The maximum atomic E-state index is 12.0. The summed E-state index contributed by atoms with van der Waals surface area (Å²) in [6.07, 6.45) is 0.408. The molecule has 1 N–H and O–H groups in total. The molecule has 0 spiro atoms. The van der Waals surface area contributed by atoms with Crippen LogP contribution >= 0.6 is 0 Å². The molecule has 1 aliphatic heterocycles. The molecule has 1 aliphatic rings. The SMILES string of the molecule is Cc1noc(CCC(=O)N2CC(=O)NC(=O)C2C)n1. The van der Waals surface area contributed by atoms with Gasteiger partial charge in [0.1, 0.15) is 12.6 Å². The fraction of sp³-hybridized carbons (Fsp3) is 0.545. The van der Waals surface area contributed by atoms with Gasteiger partial charge in [0.05, 0.1) is 0 Å². The Bertz CT molecular complexity index is 525. The van der Waals surface area contributed by atoms with Crippen LogP contribution in [0.2, 0.25) is 0 Å². The summed E-state index contributed by atoms with van der Waals surface area (Å²) in [6.45, 7) is 3.16. The largest absolute Gasteiger partial charge is 0.339 e. The lowest BCUT2D eigenvalue weighted by atomic mass is 10.1. The molecule has 1 atom stereocenters. The number of imide groups is 1. The highest BCUT2D eigenvalue weighted by atomic mass is 16.5. The van der Waals surface area contributed by atoms with Gasteiger partial charge in [-0.1, -0.05) is 5.16 Å². The molecule has 19 heavy (non-hydrogen) atoms. The number of aromatic nitrogens is 2. The molecule has 1 unspecified atom stereocenters. The highest BCUT2D eigenvalue weighted by Crippen LogP contribution is 2.09. The first-order valence-corrected chi connectivity index (χ1v) is 5.89. The van der Waals surface area contributed by atoms with Gasteiger partial charge in [0.2, 0.25) is 23.6 Å². The molecule has 8 nitrogen and oxygen atoms in total. The van der Waals surface area contributed by atoms with Crippen molar-refractivity contribution in [3.8, 4) is 0 Å². The number of hydrogen-bond acceptors (Lipinski definition) is 6. The topological polar surface area (TPSA) is 105 Å². The summed E-state index contributed by atoms with van der Waals surface area (Å²) in [6, 6.07) is -0.644. The number of nitrogens with one attached hydrogen (secondary N) is 1. The number of rotatable bonds is 3. The predicted octanol–water partition coefficient (Wildman–Crippen LogP) is -0.816. The molecular weight excluding hydrogens is 252 g/mol. The zero-order valence-electron chi connectivity index (χ0n) is 10.7. The van der Waals surface area contributed by atoms with Crippen LogP contribution in [0, 0.1) is 6.92 Å². The van der Waals surface area contributed by atoms with Crippen molar-refractivity contribution in [3.05, 3.63) is 11.7 Å². The Kier molecular flexibility index (Phi) is 3.59. The van der Waals surface area contributed by atoms with E-state index in [2.05, 4.69) is 15.5 Å². The van der Waals surface area contributed by atoms with Crippen LogP contribution in [0.15, 0.2) is 4.52 Å². The standard InChI is InChI=1S/C11H14N4O4/c1-6-11(18)13-8(16)5-15(6)10(17)4-3-9-12-7(2)14-19-9/h6H,3-5H2,1-2H3,(H,13,16,18). The minimum atomic E-state index is -0.644. The summed E-state index contributed by atoms with van der Waals surface area (Å²) < 4.78 is 4.89. The number of carbonyl (C=O) groups is 3. The van der Waals surface area contributed by atoms with Gasteiger partial charge in [-0.3, -0.25) is 19.7 Å². The Morgan fingerprint density at radius 3 is 2.89 bits per heavy atom. The Morgan fingerprint density at radius 1 is 1.53 bits per heavy atom. The molecule has 1 aromatic rings. The average Bonchev–Trinajstić information content (AvgIpc) is 2.76. The minimum Gasteiger partial charge on any atom is -0.339 e. The summed E-state index contributed by atoms with van der Waals surface area (Å²) in [7, 11) is 0. The molecular formula is C11H14N4O4. The van der Waals surface area contributed by atoms with E-state index >= 15 is 0 Å². The first-order valence-electron chi connectivity index (χ1n) is 5.89. The summed E-state index contributed by atoms with van der Waals surface area (Å²) in [4.78, 5) is 39.9. The molecule has 8 heteroatoms. The number of hydrogen-bond donors (Lipinski definition) is 1. The van der Waals surface area contributed by atoms with Gasteiger partial charge < -0.3 is 9.42 Å². The van der Waals surface area contributed by atoms with Crippen molar-refractivity contribution < 1.29 is 18.9 Å². The lowest BCUT2D eigenvalue weighted by Crippen LogP contribution is -2.58. The third-order valence-corrected chi connectivity index (χ3v) is 2.87. The van der Waals surface area contributed by atoms with Gasteiger partial charge in [-0.2, -0.15) is 4.98 Å². The van der Waals surface area contributed by atoms with Gasteiger partial charge in [0.15, 0.2) is 5.82 Å². The fourth-order valence-corrected chi connectivity index (χ4v) is 1.82. The average molecular weight is 266 g/mol. The van der Waals surface area contributed by atoms with Crippen LogP contribution in [-0.2, 0) is 20.8 Å². The van der Waals surface area contributed by atoms with Crippen molar-refractivity contribution in [1.29, 1.82) is 0 Å². The van der Waals surface area contributed by atoms with Gasteiger partial charge in [-0.15, -0.1) is 0 Å². The monoisotopic (exact) mass is 266 g/mol. The highest BCUT2D eigenvalue weighted by Gasteiger charge is 2.33. The molecule has 0 aliphatic carbocycles. The van der Waals surface area contributed by atoms with E-state index in [1.165, 1.54) is 4.90 Å². The van der Waals surface area contributed by atoms with Gasteiger partial charge in [-0.25, -0.2) is 0 Å². The van der Waals surface area contributed by atoms with Gasteiger partial charge in [0.25, 0.3) is 0 Å². The molecule has 2 heterocycles. The molecule has 2 rings (SSSR count). The van der Waals surface area contributed by atoms with E-state index in [1.807, 2.05) is 0 Å². The first kappa shape index (κ1) is 13.2. The van der Waals surface area contributed by atoms with E-state index in [1.54, 1.807) is 13.8 Å². The Balaban J connectivity index is 1.95. The number of carbonyl (C=O) groups excluding carboxylic acids is 3. The van der Waals surface area contributed by atoms with Crippen LogP contribution in [0.5, 0.6) is 0 Å². The first-order chi connectivity index (χ1) is 8.97. The molecule has 1 saturated heterocycles. The smallest absolute Gasteiger partial charge is 0.249 e. The van der Waals surface area contributed by atoms with Crippen LogP contribution in [0.4, 0.5) is 0 Å². The van der Waals surface area contributed by atoms with Crippen LogP contribution in [0.25, 0.3) is 0 Å². The molecule has 3 amide bonds. The highest BCUT2D eigenvalue weighted by molar-refractivity contribution is 6.04. The van der Waals surface area contributed by atoms with E-state index < -0.39 is 17.9 Å². The van der Waals surface area contributed by atoms with Crippen molar-refractivity contribution in [2.75, 3.05) is 6.54 Å². The molecule has 0 radical (unpaired) electrons. The third kappa shape index (κ3) is 2.95. The number of nitrogens with zero attached hydrogens (tertiary/aromatic N) is 3. The van der Waals surface area contributed by atoms with Gasteiger partial charge >= 0.3 is 0 Å². The molecule has 0 aromatic carbocycles. The third-order valence-electron chi connectivity index (χ3n) is 2.87. The van der Waals surface area contributed by atoms with E-state index in [0.29, 0.717) is 18.1 Å². The quantitative estimate of drug-likeness (QED) is 0.717. The van der Waals surface area contributed by atoms with E-state index in [4.69, 9.17) is 4.52 Å². The summed E-state index contributed by atoms with van der Waals surface area (Å²) in [5.74, 6) is -0.343. The van der Waals surface area contributed by atoms with Crippen LogP contribution in [-0.4, -0.2) is 45.3 Å². The Labute approximate surface area is 109 Å². The second-order valence-corrected chi connectivity index (χ2v) is 4.35. The van der Waals surface area contributed by atoms with Crippen molar-refractivity contribution in [3.63, 3.8) is 0 Å². The summed E-state index contributed by atoms with van der Waals surface area (Å²) in [5.41, 5.74) is 0. The van der Waals surface area contributed by atoms with E-state index in [-0.39, 0.29) is 18.9 Å². The van der Waals surface area contributed by atoms with Crippen LogP contribution in [0.3, 0.4) is 0 Å². The van der Waals surface area contributed by atoms with Crippen molar-refractivity contribution in [1.82, 2.24) is 20.4 Å².